The molecule has 0 aliphatic heterocycles. The Labute approximate surface area is 229 Å². The maximum atomic E-state index is 13.8. The minimum Gasteiger partial charge on any atom is -0.354 e. The molecule has 0 saturated carbocycles. The van der Waals surface area contributed by atoms with E-state index in [1.807, 2.05) is 30.3 Å². The molecular weight excluding hydrogens is 468 g/mol. The number of unbranched alkanes of at least 4 members (excludes halogenated alkanes) is 1. The number of rotatable bonds is 12. The fraction of sp³-hybridized carbons (Fsp3) is 0.412. The van der Waals surface area contributed by atoms with Crippen molar-refractivity contribution in [3.63, 3.8) is 0 Å². The molecular formula is C34H44N2O2. The predicted molar refractivity (Wildman–Crippen MR) is 157 cm³/mol. The summed E-state index contributed by atoms with van der Waals surface area (Å²) in [4.78, 5) is 29.1. The van der Waals surface area contributed by atoms with Crippen molar-refractivity contribution in [1.82, 2.24) is 10.2 Å². The molecule has 0 unspecified atom stereocenters. The Hall–Kier alpha value is -3.40. The molecule has 0 aromatic heterocycles. The normalized spacial score (nSPS) is 12.1. The van der Waals surface area contributed by atoms with E-state index in [0.29, 0.717) is 32.4 Å². The van der Waals surface area contributed by atoms with Gasteiger partial charge in [0, 0.05) is 25.9 Å². The second kappa shape index (κ2) is 13.9. The molecule has 0 aliphatic carbocycles. The first-order valence-corrected chi connectivity index (χ1v) is 13.9. The van der Waals surface area contributed by atoms with Crippen LogP contribution in [0.3, 0.4) is 0 Å². The molecule has 4 nitrogen and oxygen atoms in total. The van der Waals surface area contributed by atoms with Gasteiger partial charge in [-0.3, -0.25) is 9.59 Å². The monoisotopic (exact) mass is 512 g/mol. The van der Waals surface area contributed by atoms with Gasteiger partial charge in [-0.05, 0) is 47.4 Å². The molecule has 0 bridgehead atoms. The second-order valence-corrected chi connectivity index (χ2v) is 11.3. The van der Waals surface area contributed by atoms with Gasteiger partial charge in [0.15, 0.2) is 0 Å². The number of aryl methyl sites for hydroxylation is 2. The SMILES string of the molecule is CCCCNC(=O)[C@H](Cc1ccccc1)N(Cc1ccc(C)cc1)C(=O)CCc1ccc(C(C)(C)C)cc1. The average molecular weight is 513 g/mol. The second-order valence-electron chi connectivity index (χ2n) is 11.3. The van der Waals surface area contributed by atoms with Gasteiger partial charge in [-0.25, -0.2) is 0 Å². The lowest BCUT2D eigenvalue weighted by Gasteiger charge is -2.32. The van der Waals surface area contributed by atoms with Crippen molar-refractivity contribution in [3.8, 4) is 0 Å². The minimum atomic E-state index is -0.577. The van der Waals surface area contributed by atoms with E-state index in [-0.39, 0.29) is 17.2 Å². The fourth-order valence-electron chi connectivity index (χ4n) is 4.52. The number of carbonyl (C=O) groups excluding carboxylic acids is 2. The van der Waals surface area contributed by atoms with Crippen LogP contribution in [0.25, 0.3) is 0 Å². The van der Waals surface area contributed by atoms with Crippen LogP contribution in [-0.4, -0.2) is 29.3 Å². The van der Waals surface area contributed by atoms with Crippen LogP contribution < -0.4 is 5.32 Å². The Balaban J connectivity index is 1.85. The summed E-state index contributed by atoms with van der Waals surface area (Å²) in [5.41, 5.74) is 5.74. The number of nitrogens with zero attached hydrogens (tertiary/aromatic N) is 1. The Morgan fingerprint density at radius 1 is 0.842 bits per heavy atom. The molecule has 2 amide bonds. The molecule has 1 atom stereocenters. The van der Waals surface area contributed by atoms with Crippen molar-refractivity contribution in [3.05, 3.63) is 107 Å². The van der Waals surface area contributed by atoms with Crippen LogP contribution in [0.5, 0.6) is 0 Å². The van der Waals surface area contributed by atoms with Gasteiger partial charge in [-0.15, -0.1) is 0 Å². The summed E-state index contributed by atoms with van der Waals surface area (Å²) in [7, 11) is 0. The molecule has 4 heteroatoms. The maximum Gasteiger partial charge on any atom is 0.243 e. The van der Waals surface area contributed by atoms with Crippen LogP contribution in [0.4, 0.5) is 0 Å². The molecule has 1 N–H and O–H groups in total. The number of hydrogen-bond acceptors (Lipinski definition) is 2. The molecule has 3 rings (SSSR count). The van der Waals surface area contributed by atoms with Crippen LogP contribution in [0.1, 0.15) is 74.8 Å². The van der Waals surface area contributed by atoms with Gasteiger partial charge in [0.2, 0.25) is 11.8 Å². The summed E-state index contributed by atoms with van der Waals surface area (Å²) in [6.07, 6.45) is 3.40. The number of benzene rings is 3. The predicted octanol–water partition coefficient (Wildman–Crippen LogP) is 6.78. The Morgan fingerprint density at radius 3 is 2.08 bits per heavy atom. The average Bonchev–Trinajstić information content (AvgIpc) is 2.90. The largest absolute Gasteiger partial charge is 0.354 e. The third-order valence-electron chi connectivity index (χ3n) is 7.02. The number of nitrogens with one attached hydrogen (secondary N) is 1. The maximum absolute atomic E-state index is 13.8. The highest BCUT2D eigenvalue weighted by Crippen LogP contribution is 2.23. The minimum absolute atomic E-state index is 0.00274. The van der Waals surface area contributed by atoms with Gasteiger partial charge in [0.1, 0.15) is 6.04 Å². The lowest BCUT2D eigenvalue weighted by Crippen LogP contribution is -2.50. The Kier molecular flexibility index (Phi) is 10.7. The molecule has 0 spiro atoms. The standard InChI is InChI=1S/C34H44N2O2/c1-6-7-23-35-33(38)31(24-28-11-9-8-10-12-28)36(25-29-15-13-26(2)14-16-29)32(37)22-19-27-17-20-30(21-18-27)34(3,4)5/h8-18,20-21,31H,6-7,19,22-25H2,1-5H3,(H,35,38)/t31-/m0/s1. The summed E-state index contributed by atoms with van der Waals surface area (Å²) in [5.74, 6) is -0.0886. The molecule has 0 saturated heterocycles. The lowest BCUT2D eigenvalue weighted by molar-refractivity contribution is -0.141. The zero-order valence-electron chi connectivity index (χ0n) is 23.8. The van der Waals surface area contributed by atoms with E-state index < -0.39 is 6.04 Å². The Morgan fingerprint density at radius 2 is 1.47 bits per heavy atom. The third-order valence-corrected chi connectivity index (χ3v) is 7.02. The zero-order chi connectivity index (χ0) is 27.5. The summed E-state index contributed by atoms with van der Waals surface area (Å²) >= 11 is 0. The molecule has 0 radical (unpaired) electrons. The van der Waals surface area contributed by atoms with Crippen molar-refractivity contribution >= 4 is 11.8 Å². The number of hydrogen-bond donors (Lipinski definition) is 1. The topological polar surface area (TPSA) is 49.4 Å². The number of amides is 2. The first-order valence-electron chi connectivity index (χ1n) is 13.9. The smallest absolute Gasteiger partial charge is 0.243 e. The van der Waals surface area contributed by atoms with Gasteiger partial charge < -0.3 is 10.2 Å². The molecule has 3 aromatic carbocycles. The van der Waals surface area contributed by atoms with Crippen LogP contribution in [0.2, 0.25) is 0 Å². The van der Waals surface area contributed by atoms with Crippen LogP contribution in [0.15, 0.2) is 78.9 Å². The van der Waals surface area contributed by atoms with Crippen LogP contribution >= 0.6 is 0 Å². The first-order chi connectivity index (χ1) is 18.2. The molecule has 38 heavy (non-hydrogen) atoms. The molecule has 0 aliphatic rings. The van der Waals surface area contributed by atoms with Gasteiger partial charge in [0.25, 0.3) is 0 Å². The van der Waals surface area contributed by atoms with E-state index in [1.54, 1.807) is 4.90 Å². The number of carbonyl (C=O) groups is 2. The molecule has 202 valence electrons. The van der Waals surface area contributed by atoms with E-state index in [1.165, 1.54) is 11.1 Å². The third kappa shape index (κ3) is 8.86. The van der Waals surface area contributed by atoms with Crippen molar-refractivity contribution < 1.29 is 9.59 Å². The van der Waals surface area contributed by atoms with Crippen molar-refractivity contribution in [2.75, 3.05) is 6.54 Å². The summed E-state index contributed by atoms with van der Waals surface area (Å²) in [6, 6.07) is 26.2. The van der Waals surface area contributed by atoms with Crippen LogP contribution in [-0.2, 0) is 34.4 Å². The summed E-state index contributed by atoms with van der Waals surface area (Å²) in [6.45, 7) is 11.8. The summed E-state index contributed by atoms with van der Waals surface area (Å²) in [5, 5.41) is 3.10. The summed E-state index contributed by atoms with van der Waals surface area (Å²) < 4.78 is 0. The highest BCUT2D eigenvalue weighted by molar-refractivity contribution is 5.88. The zero-order valence-corrected chi connectivity index (χ0v) is 23.8. The quantitative estimate of drug-likeness (QED) is 0.272. The van der Waals surface area contributed by atoms with Gasteiger partial charge in [-0.1, -0.05) is 119 Å². The van der Waals surface area contributed by atoms with Gasteiger partial charge >= 0.3 is 0 Å². The highest BCUT2D eigenvalue weighted by atomic mass is 16.2. The highest BCUT2D eigenvalue weighted by Gasteiger charge is 2.30. The lowest BCUT2D eigenvalue weighted by atomic mass is 9.86. The van der Waals surface area contributed by atoms with E-state index in [0.717, 1.165) is 29.5 Å². The van der Waals surface area contributed by atoms with Crippen molar-refractivity contribution in [1.29, 1.82) is 0 Å². The fourth-order valence-corrected chi connectivity index (χ4v) is 4.52. The van der Waals surface area contributed by atoms with E-state index in [9.17, 15) is 9.59 Å². The van der Waals surface area contributed by atoms with E-state index in [2.05, 4.69) is 88.5 Å². The molecule has 0 fully saturated rings. The molecule has 3 aromatic rings. The van der Waals surface area contributed by atoms with Crippen molar-refractivity contribution in [2.24, 2.45) is 0 Å². The van der Waals surface area contributed by atoms with Crippen LogP contribution in [0, 0.1) is 6.92 Å². The Bertz CT molecular complexity index is 1150. The van der Waals surface area contributed by atoms with Gasteiger partial charge in [-0.2, -0.15) is 0 Å². The van der Waals surface area contributed by atoms with E-state index in [4.69, 9.17) is 0 Å². The first kappa shape index (κ1) is 29.2. The van der Waals surface area contributed by atoms with Gasteiger partial charge in [0.05, 0.1) is 0 Å². The molecule has 0 heterocycles. The van der Waals surface area contributed by atoms with Crippen molar-refractivity contribution in [2.45, 2.75) is 84.7 Å². The van der Waals surface area contributed by atoms with E-state index >= 15 is 0 Å².